The third kappa shape index (κ3) is 2.71. The number of nitrogens with zero attached hydrogens (tertiary/aromatic N) is 1. The molecule has 1 saturated heterocycles. The first-order chi connectivity index (χ1) is 8.06. The molecular formula is C13H15NO3. The smallest absolute Gasteiger partial charge is 0.321 e. The molecule has 1 heterocycles. The SMILES string of the molecule is Cc1cccc(CN2CC(=O)CC2C(=O)O)c1. The van der Waals surface area contributed by atoms with Crippen LogP contribution in [0.25, 0.3) is 0 Å². The molecule has 1 aromatic rings. The van der Waals surface area contributed by atoms with Gasteiger partial charge in [-0.2, -0.15) is 0 Å². The van der Waals surface area contributed by atoms with Gasteiger partial charge in [-0.05, 0) is 12.5 Å². The zero-order valence-corrected chi connectivity index (χ0v) is 9.72. The van der Waals surface area contributed by atoms with Gasteiger partial charge in [0.15, 0.2) is 0 Å². The Morgan fingerprint density at radius 3 is 2.94 bits per heavy atom. The Kier molecular flexibility index (Phi) is 3.24. The summed E-state index contributed by atoms with van der Waals surface area (Å²) in [7, 11) is 0. The molecule has 0 radical (unpaired) electrons. The molecule has 0 aliphatic carbocycles. The van der Waals surface area contributed by atoms with Crippen molar-refractivity contribution in [3.63, 3.8) is 0 Å². The van der Waals surface area contributed by atoms with Gasteiger partial charge in [-0.15, -0.1) is 0 Å². The molecule has 17 heavy (non-hydrogen) atoms. The summed E-state index contributed by atoms with van der Waals surface area (Å²) >= 11 is 0. The van der Waals surface area contributed by atoms with Crippen molar-refractivity contribution in [1.82, 2.24) is 4.90 Å². The number of rotatable bonds is 3. The van der Waals surface area contributed by atoms with Crippen LogP contribution in [0.5, 0.6) is 0 Å². The van der Waals surface area contributed by atoms with Crippen molar-refractivity contribution < 1.29 is 14.7 Å². The molecule has 0 saturated carbocycles. The molecule has 0 bridgehead atoms. The molecule has 1 unspecified atom stereocenters. The van der Waals surface area contributed by atoms with Gasteiger partial charge >= 0.3 is 5.97 Å². The van der Waals surface area contributed by atoms with Crippen molar-refractivity contribution in [2.24, 2.45) is 0 Å². The van der Waals surface area contributed by atoms with E-state index in [1.807, 2.05) is 31.2 Å². The lowest BCUT2D eigenvalue weighted by molar-refractivity contribution is -0.142. The largest absolute Gasteiger partial charge is 0.480 e. The lowest BCUT2D eigenvalue weighted by Gasteiger charge is -2.20. The monoisotopic (exact) mass is 233 g/mol. The zero-order chi connectivity index (χ0) is 12.4. The average Bonchev–Trinajstić information content (AvgIpc) is 2.59. The average molecular weight is 233 g/mol. The molecule has 1 aliphatic heterocycles. The van der Waals surface area contributed by atoms with E-state index < -0.39 is 12.0 Å². The van der Waals surface area contributed by atoms with Gasteiger partial charge in [0, 0.05) is 13.0 Å². The van der Waals surface area contributed by atoms with Gasteiger partial charge in [0.05, 0.1) is 6.54 Å². The number of carboxylic acid groups (broad SMARTS) is 1. The summed E-state index contributed by atoms with van der Waals surface area (Å²) < 4.78 is 0. The number of ketones is 1. The highest BCUT2D eigenvalue weighted by Crippen LogP contribution is 2.18. The molecule has 2 rings (SSSR count). The standard InChI is InChI=1S/C13H15NO3/c1-9-3-2-4-10(5-9)7-14-8-11(15)6-12(14)13(16)17/h2-5,12H,6-8H2,1H3,(H,16,17). The van der Waals surface area contributed by atoms with Crippen LogP contribution in [0.4, 0.5) is 0 Å². The van der Waals surface area contributed by atoms with Crippen molar-refractivity contribution >= 4 is 11.8 Å². The fraction of sp³-hybridized carbons (Fsp3) is 0.385. The lowest BCUT2D eigenvalue weighted by Crippen LogP contribution is -2.35. The maximum absolute atomic E-state index is 11.3. The Morgan fingerprint density at radius 2 is 2.29 bits per heavy atom. The molecule has 0 amide bonds. The van der Waals surface area contributed by atoms with Crippen LogP contribution in [0.3, 0.4) is 0 Å². The van der Waals surface area contributed by atoms with E-state index in [4.69, 9.17) is 5.11 Å². The molecule has 0 aromatic heterocycles. The lowest BCUT2D eigenvalue weighted by atomic mass is 10.1. The number of aryl methyl sites for hydroxylation is 1. The molecule has 1 aliphatic rings. The van der Waals surface area contributed by atoms with Crippen molar-refractivity contribution in [3.05, 3.63) is 35.4 Å². The molecule has 4 nitrogen and oxygen atoms in total. The van der Waals surface area contributed by atoms with Crippen LogP contribution in [-0.2, 0) is 16.1 Å². The van der Waals surface area contributed by atoms with Crippen LogP contribution >= 0.6 is 0 Å². The van der Waals surface area contributed by atoms with Gasteiger partial charge in [-0.1, -0.05) is 29.8 Å². The van der Waals surface area contributed by atoms with Crippen molar-refractivity contribution in [2.75, 3.05) is 6.54 Å². The normalized spacial score (nSPS) is 20.8. The van der Waals surface area contributed by atoms with E-state index >= 15 is 0 Å². The van der Waals surface area contributed by atoms with Crippen molar-refractivity contribution in [2.45, 2.75) is 25.9 Å². The van der Waals surface area contributed by atoms with E-state index in [1.54, 1.807) is 4.90 Å². The molecular weight excluding hydrogens is 218 g/mol. The molecule has 4 heteroatoms. The van der Waals surface area contributed by atoms with E-state index in [1.165, 1.54) is 0 Å². The number of likely N-dealkylation sites (tertiary alicyclic amines) is 1. The maximum atomic E-state index is 11.3. The maximum Gasteiger partial charge on any atom is 0.321 e. The number of carbonyl (C=O) groups is 2. The fourth-order valence-corrected chi connectivity index (χ4v) is 2.20. The van der Waals surface area contributed by atoms with Crippen LogP contribution in [0.2, 0.25) is 0 Å². The van der Waals surface area contributed by atoms with Gasteiger partial charge in [-0.3, -0.25) is 14.5 Å². The van der Waals surface area contributed by atoms with Crippen molar-refractivity contribution in [3.8, 4) is 0 Å². The summed E-state index contributed by atoms with van der Waals surface area (Å²) in [5, 5.41) is 9.04. The molecule has 1 N–H and O–H groups in total. The summed E-state index contributed by atoms with van der Waals surface area (Å²) in [4.78, 5) is 24.1. The summed E-state index contributed by atoms with van der Waals surface area (Å²) in [6.45, 7) is 2.75. The third-order valence-corrected chi connectivity index (χ3v) is 2.99. The van der Waals surface area contributed by atoms with E-state index in [9.17, 15) is 9.59 Å². The number of carboxylic acids is 1. The Balaban J connectivity index is 2.12. The van der Waals surface area contributed by atoms with Crippen LogP contribution in [0.15, 0.2) is 24.3 Å². The highest BCUT2D eigenvalue weighted by atomic mass is 16.4. The number of Topliss-reactive ketones (excluding diaryl/α,β-unsaturated/α-hetero) is 1. The molecule has 90 valence electrons. The quantitative estimate of drug-likeness (QED) is 0.853. The highest BCUT2D eigenvalue weighted by molar-refractivity contribution is 5.90. The highest BCUT2D eigenvalue weighted by Gasteiger charge is 2.35. The van der Waals surface area contributed by atoms with Gasteiger partial charge in [0.1, 0.15) is 11.8 Å². The van der Waals surface area contributed by atoms with Crippen LogP contribution < -0.4 is 0 Å². The second-order valence-electron chi connectivity index (χ2n) is 4.49. The zero-order valence-electron chi connectivity index (χ0n) is 9.72. The number of benzene rings is 1. The van der Waals surface area contributed by atoms with Crippen LogP contribution in [0.1, 0.15) is 17.5 Å². The van der Waals surface area contributed by atoms with Gasteiger partial charge < -0.3 is 5.11 Å². The molecule has 1 aromatic carbocycles. The van der Waals surface area contributed by atoms with Crippen LogP contribution in [0, 0.1) is 6.92 Å². The van der Waals surface area contributed by atoms with Gasteiger partial charge in [0.2, 0.25) is 0 Å². The topological polar surface area (TPSA) is 57.6 Å². The predicted octanol–water partition coefficient (Wildman–Crippen LogP) is 1.22. The number of aliphatic carboxylic acids is 1. The molecule has 0 spiro atoms. The minimum absolute atomic E-state index is 0.00468. The predicted molar refractivity (Wildman–Crippen MR) is 62.6 cm³/mol. The second kappa shape index (κ2) is 4.67. The van der Waals surface area contributed by atoms with E-state index in [-0.39, 0.29) is 18.7 Å². The first-order valence-electron chi connectivity index (χ1n) is 5.60. The number of hydrogen-bond donors (Lipinski definition) is 1. The van der Waals surface area contributed by atoms with E-state index in [2.05, 4.69) is 0 Å². The minimum Gasteiger partial charge on any atom is -0.480 e. The Hall–Kier alpha value is -1.68. The number of carbonyl (C=O) groups excluding carboxylic acids is 1. The third-order valence-electron chi connectivity index (χ3n) is 2.99. The Morgan fingerprint density at radius 1 is 1.53 bits per heavy atom. The van der Waals surface area contributed by atoms with E-state index in [0.717, 1.165) is 11.1 Å². The summed E-state index contributed by atoms with van der Waals surface area (Å²) in [6.07, 6.45) is 0.126. The second-order valence-corrected chi connectivity index (χ2v) is 4.49. The Labute approximate surface area is 99.9 Å². The van der Waals surface area contributed by atoms with Crippen LogP contribution in [-0.4, -0.2) is 34.3 Å². The summed E-state index contributed by atoms with van der Waals surface area (Å²) in [5.41, 5.74) is 2.19. The molecule has 1 fully saturated rings. The minimum atomic E-state index is -0.913. The summed E-state index contributed by atoms with van der Waals surface area (Å²) in [6, 6.07) is 7.24. The van der Waals surface area contributed by atoms with Crippen molar-refractivity contribution in [1.29, 1.82) is 0 Å². The summed E-state index contributed by atoms with van der Waals surface area (Å²) in [5.74, 6) is -0.909. The molecule has 1 atom stereocenters. The van der Waals surface area contributed by atoms with Gasteiger partial charge in [0.25, 0.3) is 0 Å². The first-order valence-corrected chi connectivity index (χ1v) is 5.60. The van der Waals surface area contributed by atoms with E-state index in [0.29, 0.717) is 6.54 Å². The number of hydrogen-bond acceptors (Lipinski definition) is 3. The fourth-order valence-electron chi connectivity index (χ4n) is 2.20. The van der Waals surface area contributed by atoms with Gasteiger partial charge in [-0.25, -0.2) is 0 Å². The first kappa shape index (κ1) is 11.8. The Bertz CT molecular complexity index is 456.